The second kappa shape index (κ2) is 6.21. The van der Waals surface area contributed by atoms with Crippen LogP contribution in [0.1, 0.15) is 11.3 Å². The first kappa shape index (κ1) is 14.1. The fourth-order valence-electron chi connectivity index (χ4n) is 2.00. The molecule has 2 rings (SSSR count). The molecule has 1 heterocycles. The lowest BCUT2D eigenvalue weighted by Gasteiger charge is -2.13. The molecule has 0 atom stereocenters. The number of nitrogens with one attached hydrogen (secondary N) is 1. The van der Waals surface area contributed by atoms with Crippen LogP contribution in [0.2, 0.25) is 0 Å². The van der Waals surface area contributed by atoms with Crippen LogP contribution < -0.4 is 10.2 Å². The predicted molar refractivity (Wildman–Crippen MR) is 82.2 cm³/mol. The molecule has 2 aromatic rings. The van der Waals surface area contributed by atoms with Crippen LogP contribution in [-0.4, -0.2) is 23.6 Å². The fraction of sp³-hybridized carbons (Fsp3) is 0.357. The summed E-state index contributed by atoms with van der Waals surface area (Å²) < 4.78 is 3.22. The van der Waals surface area contributed by atoms with E-state index in [1.807, 2.05) is 38.3 Å². The summed E-state index contributed by atoms with van der Waals surface area (Å²) in [5, 5.41) is 3.44. The zero-order valence-electron chi connectivity index (χ0n) is 11.5. The van der Waals surface area contributed by atoms with Crippen molar-refractivity contribution in [3.63, 3.8) is 0 Å². The third-order valence-corrected chi connectivity index (χ3v) is 3.48. The Morgan fingerprint density at radius 1 is 1.32 bits per heavy atom. The van der Waals surface area contributed by atoms with E-state index in [0.717, 1.165) is 23.5 Å². The van der Waals surface area contributed by atoms with Crippen molar-refractivity contribution in [2.24, 2.45) is 7.05 Å². The molecular formula is C14H19BrN4. The highest BCUT2D eigenvalue weighted by Crippen LogP contribution is 2.13. The number of rotatable bonds is 5. The highest BCUT2D eigenvalue weighted by Gasteiger charge is 2.07. The van der Waals surface area contributed by atoms with E-state index in [-0.39, 0.29) is 0 Å². The second-order valence-electron chi connectivity index (χ2n) is 4.74. The second-order valence-corrected chi connectivity index (χ2v) is 5.65. The summed E-state index contributed by atoms with van der Waals surface area (Å²) in [6, 6.07) is 8.33. The van der Waals surface area contributed by atoms with Gasteiger partial charge in [0.25, 0.3) is 0 Å². The van der Waals surface area contributed by atoms with E-state index in [2.05, 4.69) is 49.0 Å². The van der Waals surface area contributed by atoms with Crippen LogP contribution in [0.3, 0.4) is 0 Å². The number of nitrogens with zero attached hydrogens (tertiary/aromatic N) is 3. The first-order chi connectivity index (χ1) is 9.08. The summed E-state index contributed by atoms with van der Waals surface area (Å²) in [5.74, 6) is 0.972. The Morgan fingerprint density at radius 3 is 2.74 bits per heavy atom. The van der Waals surface area contributed by atoms with Crippen molar-refractivity contribution in [3.05, 3.63) is 46.2 Å². The van der Waals surface area contributed by atoms with Crippen molar-refractivity contribution in [1.29, 1.82) is 0 Å². The summed E-state index contributed by atoms with van der Waals surface area (Å²) in [4.78, 5) is 6.41. The third-order valence-electron chi connectivity index (χ3n) is 2.98. The molecule has 0 saturated heterocycles. The minimum Gasteiger partial charge on any atom is -0.348 e. The molecule has 4 nitrogen and oxygen atoms in total. The van der Waals surface area contributed by atoms with Crippen LogP contribution in [0.25, 0.3) is 0 Å². The van der Waals surface area contributed by atoms with E-state index in [4.69, 9.17) is 0 Å². The number of imidazole rings is 1. The van der Waals surface area contributed by atoms with Gasteiger partial charge in [-0.1, -0.05) is 28.1 Å². The predicted octanol–water partition coefficient (Wildman–Crippen LogP) is 2.54. The average Bonchev–Trinajstić information content (AvgIpc) is 2.71. The van der Waals surface area contributed by atoms with Crippen molar-refractivity contribution >= 4 is 21.9 Å². The standard InChI is InChI=1S/C14H19BrN4/c1-18(2)14-17-10-13(19(14)3)9-16-8-11-5-4-6-12(15)7-11/h4-7,10,16H,8-9H2,1-3H3. The van der Waals surface area contributed by atoms with Crippen molar-refractivity contribution in [2.45, 2.75) is 13.1 Å². The van der Waals surface area contributed by atoms with Gasteiger partial charge in [0.05, 0.1) is 11.9 Å². The molecule has 102 valence electrons. The number of anilines is 1. The molecule has 0 fully saturated rings. The van der Waals surface area contributed by atoms with Gasteiger partial charge in [0, 0.05) is 38.7 Å². The maximum Gasteiger partial charge on any atom is 0.204 e. The van der Waals surface area contributed by atoms with Crippen molar-refractivity contribution in [1.82, 2.24) is 14.9 Å². The molecule has 0 bridgehead atoms. The van der Waals surface area contributed by atoms with Crippen molar-refractivity contribution in [2.75, 3.05) is 19.0 Å². The van der Waals surface area contributed by atoms with Gasteiger partial charge in [-0.15, -0.1) is 0 Å². The molecule has 1 N–H and O–H groups in total. The van der Waals surface area contributed by atoms with E-state index >= 15 is 0 Å². The molecule has 0 aliphatic carbocycles. The number of benzene rings is 1. The Balaban J connectivity index is 1.93. The van der Waals surface area contributed by atoms with E-state index < -0.39 is 0 Å². The highest BCUT2D eigenvalue weighted by atomic mass is 79.9. The lowest BCUT2D eigenvalue weighted by Crippen LogP contribution is -2.18. The Bertz CT molecular complexity index is 548. The van der Waals surface area contributed by atoms with Gasteiger partial charge in [-0.3, -0.25) is 0 Å². The lowest BCUT2D eigenvalue weighted by atomic mass is 10.2. The number of aromatic nitrogens is 2. The molecule has 0 aliphatic rings. The molecule has 0 aliphatic heterocycles. The van der Waals surface area contributed by atoms with Crippen LogP contribution in [0, 0.1) is 0 Å². The van der Waals surface area contributed by atoms with Crippen LogP contribution in [0.4, 0.5) is 5.95 Å². The van der Waals surface area contributed by atoms with Gasteiger partial charge >= 0.3 is 0 Å². The van der Waals surface area contributed by atoms with E-state index in [0.29, 0.717) is 0 Å². The minimum atomic E-state index is 0.809. The summed E-state index contributed by atoms with van der Waals surface area (Å²) in [5.41, 5.74) is 2.45. The summed E-state index contributed by atoms with van der Waals surface area (Å²) in [6.07, 6.45) is 1.92. The Morgan fingerprint density at radius 2 is 2.11 bits per heavy atom. The molecule has 1 aromatic heterocycles. The van der Waals surface area contributed by atoms with Crippen molar-refractivity contribution < 1.29 is 0 Å². The molecular weight excluding hydrogens is 304 g/mol. The number of hydrogen-bond acceptors (Lipinski definition) is 3. The molecule has 19 heavy (non-hydrogen) atoms. The zero-order valence-corrected chi connectivity index (χ0v) is 13.1. The molecule has 1 aromatic carbocycles. The Labute approximate surface area is 122 Å². The first-order valence-corrected chi connectivity index (χ1v) is 7.00. The molecule has 0 amide bonds. The van der Waals surface area contributed by atoms with Gasteiger partial charge in [-0.05, 0) is 17.7 Å². The first-order valence-electron chi connectivity index (χ1n) is 6.21. The van der Waals surface area contributed by atoms with Gasteiger partial charge in [-0.25, -0.2) is 4.98 Å². The number of halogens is 1. The van der Waals surface area contributed by atoms with Gasteiger partial charge < -0.3 is 14.8 Å². The lowest BCUT2D eigenvalue weighted by molar-refractivity contribution is 0.654. The molecule has 0 saturated carbocycles. The van der Waals surface area contributed by atoms with Gasteiger partial charge in [0.15, 0.2) is 0 Å². The summed E-state index contributed by atoms with van der Waals surface area (Å²) >= 11 is 3.48. The monoisotopic (exact) mass is 322 g/mol. The van der Waals surface area contributed by atoms with Crippen LogP contribution in [0.5, 0.6) is 0 Å². The Kier molecular flexibility index (Phi) is 4.61. The minimum absolute atomic E-state index is 0.809. The highest BCUT2D eigenvalue weighted by molar-refractivity contribution is 9.10. The Hall–Kier alpha value is -1.33. The normalized spacial score (nSPS) is 10.7. The molecule has 0 unspecified atom stereocenters. The summed E-state index contributed by atoms with van der Waals surface area (Å²) in [7, 11) is 6.04. The van der Waals surface area contributed by atoms with Gasteiger partial charge in [-0.2, -0.15) is 0 Å². The van der Waals surface area contributed by atoms with Crippen LogP contribution >= 0.6 is 15.9 Å². The SMILES string of the molecule is CN(C)c1ncc(CNCc2cccc(Br)c2)n1C. The smallest absolute Gasteiger partial charge is 0.204 e. The van der Waals surface area contributed by atoms with E-state index in [1.54, 1.807) is 0 Å². The number of hydrogen-bond donors (Lipinski definition) is 1. The average molecular weight is 323 g/mol. The van der Waals surface area contributed by atoms with Crippen LogP contribution in [0.15, 0.2) is 34.9 Å². The summed E-state index contributed by atoms with van der Waals surface area (Å²) in [6.45, 7) is 1.66. The molecule has 5 heteroatoms. The topological polar surface area (TPSA) is 33.1 Å². The van der Waals surface area contributed by atoms with E-state index in [9.17, 15) is 0 Å². The quantitative estimate of drug-likeness (QED) is 0.918. The largest absolute Gasteiger partial charge is 0.348 e. The maximum absolute atomic E-state index is 4.40. The molecule has 0 radical (unpaired) electrons. The van der Waals surface area contributed by atoms with Crippen LogP contribution in [-0.2, 0) is 20.1 Å². The fourth-order valence-corrected chi connectivity index (χ4v) is 2.44. The maximum atomic E-state index is 4.40. The van der Waals surface area contributed by atoms with E-state index in [1.165, 1.54) is 11.3 Å². The van der Waals surface area contributed by atoms with Gasteiger partial charge in [0.2, 0.25) is 5.95 Å². The third kappa shape index (κ3) is 3.58. The zero-order chi connectivity index (χ0) is 13.8. The van der Waals surface area contributed by atoms with Crippen molar-refractivity contribution in [3.8, 4) is 0 Å². The van der Waals surface area contributed by atoms with Gasteiger partial charge in [0.1, 0.15) is 0 Å². The molecule has 0 spiro atoms.